The Balaban J connectivity index is 1.39. The first kappa shape index (κ1) is 25.4. The Morgan fingerprint density at radius 3 is 2.08 bits per heavy atom. The molecule has 2 N–H and O–H groups in total. The summed E-state index contributed by atoms with van der Waals surface area (Å²) in [4.78, 5) is 28.5. The van der Waals surface area contributed by atoms with E-state index in [9.17, 15) is 14.7 Å². The molecule has 0 fully saturated rings. The van der Waals surface area contributed by atoms with Crippen LogP contribution >= 0.6 is 0 Å². The molecule has 7 heteroatoms. The topological polar surface area (TPSA) is 87.5 Å². The summed E-state index contributed by atoms with van der Waals surface area (Å²) in [5.41, 5.74) is 2.87. The van der Waals surface area contributed by atoms with Gasteiger partial charge in [-0.15, -0.1) is 0 Å². The van der Waals surface area contributed by atoms with E-state index in [1.54, 1.807) is 23.6 Å². The van der Waals surface area contributed by atoms with Crippen LogP contribution in [0.4, 0.5) is 0 Å². The minimum atomic E-state index is -1.45. The lowest BCUT2D eigenvalue weighted by molar-refractivity contribution is -0.131. The molecular formula is C31H32N4O3. The van der Waals surface area contributed by atoms with Crippen LogP contribution in [0, 0.1) is 0 Å². The number of hydrogen-bond acceptors (Lipinski definition) is 4. The third-order valence-electron chi connectivity index (χ3n) is 7.36. The van der Waals surface area contributed by atoms with Crippen LogP contribution in [-0.2, 0) is 36.8 Å². The van der Waals surface area contributed by atoms with Gasteiger partial charge >= 0.3 is 0 Å². The Morgan fingerprint density at radius 2 is 1.50 bits per heavy atom. The number of nitrogens with zero attached hydrogens (tertiary/aromatic N) is 3. The molecule has 1 aliphatic heterocycles. The fourth-order valence-electron chi connectivity index (χ4n) is 5.30. The Labute approximate surface area is 222 Å². The van der Waals surface area contributed by atoms with Crippen LogP contribution in [0.5, 0.6) is 0 Å². The molecule has 3 aromatic carbocycles. The van der Waals surface area contributed by atoms with Crippen LogP contribution in [0.2, 0.25) is 0 Å². The summed E-state index contributed by atoms with van der Waals surface area (Å²) in [7, 11) is 1.74. The van der Waals surface area contributed by atoms with E-state index in [0.717, 1.165) is 16.8 Å². The SMILES string of the molecule is CC(NC(=O)c1c2c(nn1C)CCN(C(=O)Cc1ccccc1)C2)C(O)(c1ccccc1)c1ccccc1. The Bertz CT molecular complexity index is 1380. The molecular weight excluding hydrogens is 476 g/mol. The predicted molar refractivity (Wildman–Crippen MR) is 145 cm³/mol. The molecule has 38 heavy (non-hydrogen) atoms. The minimum absolute atomic E-state index is 0.0213. The van der Waals surface area contributed by atoms with Crippen molar-refractivity contribution in [3.63, 3.8) is 0 Å². The van der Waals surface area contributed by atoms with Gasteiger partial charge in [0.2, 0.25) is 5.91 Å². The van der Waals surface area contributed by atoms with E-state index in [4.69, 9.17) is 0 Å². The Kier molecular flexibility index (Phi) is 7.11. The number of aryl methyl sites for hydroxylation is 1. The molecule has 1 atom stereocenters. The zero-order valence-corrected chi connectivity index (χ0v) is 21.7. The van der Waals surface area contributed by atoms with Crippen molar-refractivity contribution in [1.29, 1.82) is 0 Å². The average Bonchev–Trinajstić information content (AvgIpc) is 3.29. The lowest BCUT2D eigenvalue weighted by Crippen LogP contribution is -2.50. The number of aliphatic hydroxyl groups is 1. The average molecular weight is 509 g/mol. The van der Waals surface area contributed by atoms with Gasteiger partial charge in [0, 0.05) is 32.1 Å². The van der Waals surface area contributed by atoms with Crippen molar-refractivity contribution >= 4 is 11.8 Å². The number of nitrogens with one attached hydrogen (secondary N) is 1. The first-order valence-corrected chi connectivity index (χ1v) is 12.9. The number of hydrogen-bond donors (Lipinski definition) is 2. The molecule has 2 amide bonds. The molecule has 0 spiro atoms. The van der Waals surface area contributed by atoms with Crippen LogP contribution in [0.25, 0.3) is 0 Å². The minimum Gasteiger partial charge on any atom is -0.378 e. The van der Waals surface area contributed by atoms with Gasteiger partial charge < -0.3 is 15.3 Å². The summed E-state index contributed by atoms with van der Waals surface area (Å²) in [6, 6.07) is 27.7. The second-order valence-corrected chi connectivity index (χ2v) is 9.82. The molecule has 7 nitrogen and oxygen atoms in total. The standard InChI is InChI=1S/C31H32N4O3/c1-22(31(38,24-14-8-4-9-15-24)25-16-10-5-11-17-25)32-30(37)29-26-21-35(19-18-27(26)33-34(29)2)28(36)20-23-12-6-3-7-13-23/h3-17,22,38H,18-21H2,1-2H3,(H,32,37). The molecule has 0 bridgehead atoms. The van der Waals surface area contributed by atoms with Crippen LogP contribution < -0.4 is 5.32 Å². The number of fused-ring (bicyclic) bond motifs is 1. The molecule has 0 aliphatic carbocycles. The van der Waals surface area contributed by atoms with Gasteiger partial charge in [-0.25, -0.2) is 0 Å². The highest BCUT2D eigenvalue weighted by molar-refractivity contribution is 5.95. The number of rotatable bonds is 7. The zero-order valence-electron chi connectivity index (χ0n) is 21.7. The van der Waals surface area contributed by atoms with Gasteiger partial charge in [-0.05, 0) is 23.6 Å². The fraction of sp³-hybridized carbons (Fsp3) is 0.258. The quantitative estimate of drug-likeness (QED) is 0.399. The number of carbonyl (C=O) groups excluding carboxylic acids is 2. The van der Waals surface area contributed by atoms with Crippen molar-refractivity contribution in [2.75, 3.05) is 6.54 Å². The summed E-state index contributed by atoms with van der Waals surface area (Å²) in [6.07, 6.45) is 0.903. The van der Waals surface area contributed by atoms with Crippen molar-refractivity contribution in [1.82, 2.24) is 20.0 Å². The van der Waals surface area contributed by atoms with Crippen molar-refractivity contribution in [3.05, 3.63) is 125 Å². The summed E-state index contributed by atoms with van der Waals surface area (Å²) in [5, 5.41) is 19.7. The van der Waals surface area contributed by atoms with E-state index in [0.29, 0.717) is 42.8 Å². The molecule has 5 rings (SSSR count). The van der Waals surface area contributed by atoms with Gasteiger partial charge in [0.15, 0.2) is 0 Å². The van der Waals surface area contributed by atoms with E-state index in [1.165, 1.54) is 0 Å². The van der Waals surface area contributed by atoms with Crippen LogP contribution in [0.3, 0.4) is 0 Å². The highest BCUT2D eigenvalue weighted by Crippen LogP contribution is 2.33. The molecule has 0 radical (unpaired) electrons. The summed E-state index contributed by atoms with van der Waals surface area (Å²) in [5.74, 6) is -0.315. The molecule has 1 aliphatic rings. The molecule has 1 aromatic heterocycles. The van der Waals surface area contributed by atoms with Crippen molar-refractivity contribution in [2.24, 2.45) is 7.05 Å². The maximum Gasteiger partial charge on any atom is 0.270 e. The lowest BCUT2D eigenvalue weighted by Gasteiger charge is -2.36. The van der Waals surface area contributed by atoms with E-state index in [1.807, 2.05) is 91.0 Å². The molecule has 0 saturated heterocycles. The highest BCUT2D eigenvalue weighted by Gasteiger charge is 2.39. The van der Waals surface area contributed by atoms with E-state index in [2.05, 4.69) is 10.4 Å². The fourth-order valence-corrected chi connectivity index (χ4v) is 5.30. The Hall–Kier alpha value is -4.23. The third kappa shape index (κ3) is 4.85. The first-order chi connectivity index (χ1) is 18.4. The van der Waals surface area contributed by atoms with E-state index >= 15 is 0 Å². The van der Waals surface area contributed by atoms with Crippen molar-refractivity contribution in [2.45, 2.75) is 38.0 Å². The Morgan fingerprint density at radius 1 is 0.947 bits per heavy atom. The van der Waals surface area contributed by atoms with Gasteiger partial charge in [-0.2, -0.15) is 5.10 Å². The number of aromatic nitrogens is 2. The van der Waals surface area contributed by atoms with Gasteiger partial charge in [0.05, 0.1) is 18.2 Å². The largest absolute Gasteiger partial charge is 0.378 e. The molecule has 2 heterocycles. The lowest BCUT2D eigenvalue weighted by atomic mass is 9.80. The first-order valence-electron chi connectivity index (χ1n) is 12.9. The summed E-state index contributed by atoms with van der Waals surface area (Å²) in [6.45, 7) is 2.69. The maximum atomic E-state index is 13.7. The third-order valence-corrected chi connectivity index (χ3v) is 7.36. The second-order valence-electron chi connectivity index (χ2n) is 9.82. The summed E-state index contributed by atoms with van der Waals surface area (Å²) < 4.78 is 1.59. The maximum absolute atomic E-state index is 13.7. The molecule has 194 valence electrons. The van der Waals surface area contributed by atoms with Crippen LogP contribution in [-0.4, -0.2) is 44.2 Å². The van der Waals surface area contributed by atoms with Crippen molar-refractivity contribution in [3.8, 4) is 0 Å². The van der Waals surface area contributed by atoms with Gasteiger partial charge in [0.25, 0.3) is 5.91 Å². The monoisotopic (exact) mass is 508 g/mol. The normalized spacial score (nSPS) is 14.0. The van der Waals surface area contributed by atoms with Gasteiger partial charge in [-0.1, -0.05) is 91.0 Å². The molecule has 4 aromatic rings. The van der Waals surface area contributed by atoms with Gasteiger partial charge in [-0.3, -0.25) is 14.3 Å². The van der Waals surface area contributed by atoms with E-state index < -0.39 is 11.6 Å². The zero-order chi connectivity index (χ0) is 26.7. The predicted octanol–water partition coefficient (Wildman–Crippen LogP) is 3.60. The molecule has 1 unspecified atom stereocenters. The van der Waals surface area contributed by atoms with Gasteiger partial charge in [0.1, 0.15) is 11.3 Å². The smallest absolute Gasteiger partial charge is 0.270 e. The van der Waals surface area contributed by atoms with E-state index in [-0.39, 0.29) is 11.8 Å². The van der Waals surface area contributed by atoms with Crippen molar-refractivity contribution < 1.29 is 14.7 Å². The second kappa shape index (κ2) is 10.6. The number of carbonyl (C=O) groups is 2. The highest BCUT2D eigenvalue weighted by atomic mass is 16.3. The van der Waals surface area contributed by atoms with Crippen LogP contribution in [0.15, 0.2) is 91.0 Å². The number of benzene rings is 3. The number of amides is 2. The molecule has 0 saturated carbocycles. The van der Waals surface area contributed by atoms with Crippen LogP contribution in [0.1, 0.15) is 45.4 Å². The summed E-state index contributed by atoms with van der Waals surface area (Å²) >= 11 is 0.